The van der Waals surface area contributed by atoms with Crippen LogP contribution in [-0.4, -0.2) is 46.1 Å². The molecule has 2 bridgehead atoms. The van der Waals surface area contributed by atoms with E-state index in [2.05, 4.69) is 20.4 Å². The van der Waals surface area contributed by atoms with Gasteiger partial charge in [-0.1, -0.05) is 11.2 Å². The number of hydrogen-bond donors (Lipinski definition) is 1. The Morgan fingerprint density at radius 2 is 2.29 bits per heavy atom. The third-order valence-electron chi connectivity index (χ3n) is 4.93. The van der Waals surface area contributed by atoms with Crippen LogP contribution in [0, 0.1) is 0 Å². The van der Waals surface area contributed by atoms with Crippen LogP contribution in [0.2, 0.25) is 0 Å². The minimum Gasteiger partial charge on any atom is -0.339 e. The van der Waals surface area contributed by atoms with E-state index in [1.165, 1.54) is 0 Å². The maximum Gasteiger partial charge on any atom is 0.226 e. The second-order valence-corrected chi connectivity index (χ2v) is 7.47. The second-order valence-electron chi connectivity index (χ2n) is 6.52. The van der Waals surface area contributed by atoms with Gasteiger partial charge in [0.05, 0.1) is 4.88 Å². The second kappa shape index (κ2) is 7.03. The first kappa shape index (κ1) is 15.8. The highest BCUT2D eigenvalue weighted by atomic mass is 32.1. The highest BCUT2D eigenvalue weighted by Gasteiger charge is 2.37. The summed E-state index contributed by atoms with van der Waals surface area (Å²) < 4.78 is 5.30. The van der Waals surface area contributed by atoms with Crippen molar-refractivity contribution < 1.29 is 9.32 Å². The molecule has 4 heterocycles. The minimum absolute atomic E-state index is 0.282. The topological polar surface area (TPSA) is 71.3 Å². The van der Waals surface area contributed by atoms with Crippen molar-refractivity contribution in [3.05, 3.63) is 23.4 Å². The van der Waals surface area contributed by atoms with Gasteiger partial charge in [-0.15, -0.1) is 11.3 Å². The summed E-state index contributed by atoms with van der Waals surface area (Å²) in [6.07, 6.45) is 5.35. The minimum atomic E-state index is 0.282. The fourth-order valence-corrected chi connectivity index (χ4v) is 4.42. The number of nitrogens with one attached hydrogen (secondary N) is 1. The predicted octanol–water partition coefficient (Wildman–Crippen LogP) is 2.47. The van der Waals surface area contributed by atoms with Crippen LogP contribution in [0.15, 0.2) is 22.0 Å². The van der Waals surface area contributed by atoms with Crippen LogP contribution in [-0.2, 0) is 11.2 Å². The highest BCUT2D eigenvalue weighted by molar-refractivity contribution is 7.13. The van der Waals surface area contributed by atoms with Gasteiger partial charge in [0, 0.05) is 31.5 Å². The number of fused-ring (bicyclic) bond motifs is 2. The van der Waals surface area contributed by atoms with E-state index in [1.807, 2.05) is 17.5 Å². The third-order valence-corrected chi connectivity index (χ3v) is 5.80. The number of carbonyl (C=O) groups excluding carboxylic acids is 1. The normalized spacial score (nSPS) is 23.4. The molecule has 2 atom stereocenters. The van der Waals surface area contributed by atoms with E-state index in [9.17, 15) is 4.79 Å². The number of amides is 1. The predicted molar refractivity (Wildman–Crippen MR) is 91.7 cm³/mol. The monoisotopic (exact) mass is 346 g/mol. The number of aromatic nitrogens is 2. The zero-order valence-corrected chi connectivity index (χ0v) is 14.4. The Kier molecular flexibility index (Phi) is 4.62. The summed E-state index contributed by atoms with van der Waals surface area (Å²) in [4.78, 5) is 20.2. The van der Waals surface area contributed by atoms with E-state index in [0.29, 0.717) is 36.6 Å². The lowest BCUT2D eigenvalue weighted by molar-refractivity contribution is -0.133. The first-order valence-corrected chi connectivity index (χ1v) is 9.57. The summed E-state index contributed by atoms with van der Waals surface area (Å²) in [5.41, 5.74) is 0. The number of aryl methyl sites for hydroxylation is 1. The Hall–Kier alpha value is -1.73. The quantitative estimate of drug-likeness (QED) is 0.900. The summed E-state index contributed by atoms with van der Waals surface area (Å²) in [5.74, 6) is 1.54. The van der Waals surface area contributed by atoms with Crippen molar-refractivity contribution in [2.24, 2.45) is 0 Å². The van der Waals surface area contributed by atoms with Gasteiger partial charge in [0.2, 0.25) is 17.6 Å². The summed E-state index contributed by atoms with van der Waals surface area (Å²) >= 11 is 1.59. The molecule has 0 radical (unpaired) electrons. The van der Waals surface area contributed by atoms with Crippen LogP contribution < -0.4 is 5.32 Å². The number of rotatable bonds is 5. The molecular weight excluding hydrogens is 324 g/mol. The zero-order valence-electron chi connectivity index (χ0n) is 13.6. The van der Waals surface area contributed by atoms with Crippen molar-refractivity contribution in [3.63, 3.8) is 0 Å². The average Bonchev–Trinajstić information content (AvgIpc) is 3.26. The Morgan fingerprint density at radius 1 is 1.38 bits per heavy atom. The van der Waals surface area contributed by atoms with Crippen LogP contribution in [0.4, 0.5) is 0 Å². The molecule has 7 heteroatoms. The number of thiophene rings is 1. The summed E-state index contributed by atoms with van der Waals surface area (Å²) in [7, 11) is 0. The molecule has 0 saturated carbocycles. The van der Waals surface area contributed by atoms with Gasteiger partial charge in [-0.2, -0.15) is 4.98 Å². The van der Waals surface area contributed by atoms with E-state index >= 15 is 0 Å². The zero-order chi connectivity index (χ0) is 16.4. The molecule has 2 aromatic rings. The molecule has 2 saturated heterocycles. The molecule has 4 rings (SSSR count). The number of nitrogens with zero attached hydrogens (tertiary/aromatic N) is 3. The molecule has 2 unspecified atom stereocenters. The molecule has 2 aliphatic rings. The average molecular weight is 346 g/mol. The van der Waals surface area contributed by atoms with E-state index in [-0.39, 0.29) is 5.91 Å². The molecule has 2 aliphatic heterocycles. The molecular formula is C17H22N4O2S. The van der Waals surface area contributed by atoms with Gasteiger partial charge in [0.15, 0.2) is 0 Å². The van der Waals surface area contributed by atoms with Gasteiger partial charge < -0.3 is 14.7 Å². The maximum absolute atomic E-state index is 12.6. The van der Waals surface area contributed by atoms with Crippen molar-refractivity contribution in [3.8, 4) is 10.7 Å². The smallest absolute Gasteiger partial charge is 0.226 e. The maximum atomic E-state index is 12.6. The van der Waals surface area contributed by atoms with Crippen molar-refractivity contribution >= 4 is 17.2 Å². The lowest BCUT2D eigenvalue weighted by Crippen LogP contribution is -2.42. The molecule has 2 fully saturated rings. The van der Waals surface area contributed by atoms with Crippen molar-refractivity contribution in [2.75, 3.05) is 13.1 Å². The molecule has 1 amide bonds. The Balaban J connectivity index is 1.30. The van der Waals surface area contributed by atoms with Gasteiger partial charge in [0.1, 0.15) is 0 Å². The van der Waals surface area contributed by atoms with E-state index in [4.69, 9.17) is 4.52 Å². The lowest BCUT2D eigenvalue weighted by atomic mass is 10.1. The van der Waals surface area contributed by atoms with Crippen LogP contribution in [0.3, 0.4) is 0 Å². The van der Waals surface area contributed by atoms with Gasteiger partial charge in [0.25, 0.3) is 0 Å². The van der Waals surface area contributed by atoms with Crippen LogP contribution in [0.25, 0.3) is 10.7 Å². The Bertz CT molecular complexity index is 671. The van der Waals surface area contributed by atoms with Crippen molar-refractivity contribution in [1.82, 2.24) is 20.4 Å². The SMILES string of the molecule is O=C(CCCc1nc(-c2cccs2)no1)N1C2CCNCC1CC2. The third kappa shape index (κ3) is 3.23. The largest absolute Gasteiger partial charge is 0.339 e. The van der Waals surface area contributed by atoms with Crippen LogP contribution >= 0.6 is 11.3 Å². The van der Waals surface area contributed by atoms with Crippen molar-refractivity contribution in [1.29, 1.82) is 0 Å². The van der Waals surface area contributed by atoms with E-state index < -0.39 is 0 Å². The molecule has 1 N–H and O–H groups in total. The molecule has 0 aliphatic carbocycles. The molecule has 128 valence electrons. The summed E-state index contributed by atoms with van der Waals surface area (Å²) in [6.45, 7) is 1.97. The molecule has 24 heavy (non-hydrogen) atoms. The summed E-state index contributed by atoms with van der Waals surface area (Å²) in [5, 5.41) is 9.44. The molecule has 2 aromatic heterocycles. The van der Waals surface area contributed by atoms with Crippen LogP contribution in [0.1, 0.15) is 38.0 Å². The summed E-state index contributed by atoms with van der Waals surface area (Å²) in [6, 6.07) is 4.77. The Labute approximate surface area is 145 Å². The van der Waals surface area contributed by atoms with Gasteiger partial charge in [-0.3, -0.25) is 4.79 Å². The lowest BCUT2D eigenvalue weighted by Gasteiger charge is -2.27. The molecule has 6 nitrogen and oxygen atoms in total. The van der Waals surface area contributed by atoms with Gasteiger partial charge in [-0.05, 0) is 43.7 Å². The number of carbonyl (C=O) groups is 1. The molecule has 0 spiro atoms. The fourth-order valence-electron chi connectivity index (χ4n) is 3.77. The first-order valence-electron chi connectivity index (χ1n) is 8.69. The van der Waals surface area contributed by atoms with Crippen LogP contribution in [0.5, 0.6) is 0 Å². The van der Waals surface area contributed by atoms with E-state index in [0.717, 1.165) is 43.6 Å². The fraction of sp³-hybridized carbons (Fsp3) is 0.588. The standard InChI is InChI=1S/C17H22N4O2S/c22-16(21-12-6-7-13(21)11-18-9-8-12)5-1-4-15-19-17(20-23-15)14-3-2-10-24-14/h2-3,10,12-13,18H,1,4-9,11H2. The highest BCUT2D eigenvalue weighted by Crippen LogP contribution is 2.29. The number of hydrogen-bond acceptors (Lipinski definition) is 6. The van der Waals surface area contributed by atoms with E-state index in [1.54, 1.807) is 11.3 Å². The van der Waals surface area contributed by atoms with Gasteiger partial charge >= 0.3 is 0 Å². The Morgan fingerprint density at radius 3 is 3.17 bits per heavy atom. The van der Waals surface area contributed by atoms with Gasteiger partial charge in [-0.25, -0.2) is 0 Å². The first-order chi connectivity index (χ1) is 11.8. The molecule has 0 aromatic carbocycles. The van der Waals surface area contributed by atoms with Crippen molar-refractivity contribution in [2.45, 2.75) is 50.6 Å².